The summed E-state index contributed by atoms with van der Waals surface area (Å²) in [5.41, 5.74) is 2.81. The van der Waals surface area contributed by atoms with Crippen molar-refractivity contribution in [2.75, 3.05) is 6.61 Å². The molecule has 5 rings (SSSR count). The summed E-state index contributed by atoms with van der Waals surface area (Å²) in [5.74, 6) is -3.53. The van der Waals surface area contributed by atoms with E-state index in [1.165, 1.54) is 43.2 Å². The van der Waals surface area contributed by atoms with Crippen LogP contribution in [0.1, 0.15) is 76.3 Å². The van der Waals surface area contributed by atoms with Crippen molar-refractivity contribution >= 4 is 5.97 Å². The maximum atomic E-state index is 13.3. The van der Waals surface area contributed by atoms with Gasteiger partial charge in [-0.2, -0.15) is 8.78 Å². The van der Waals surface area contributed by atoms with Crippen LogP contribution in [0.25, 0.3) is 0 Å². The van der Waals surface area contributed by atoms with E-state index >= 15 is 0 Å². The molecule has 0 N–H and O–H groups in total. The van der Waals surface area contributed by atoms with Gasteiger partial charge >= 0.3 is 11.9 Å². The molecular formula is C24H32F2O2. The van der Waals surface area contributed by atoms with Crippen LogP contribution >= 0.6 is 0 Å². The van der Waals surface area contributed by atoms with Crippen LogP contribution in [0.3, 0.4) is 0 Å². The largest absolute Gasteiger partial charge is 0.461 e. The van der Waals surface area contributed by atoms with Crippen LogP contribution in [0.15, 0.2) is 24.3 Å². The lowest BCUT2D eigenvalue weighted by Crippen LogP contribution is -2.55. The van der Waals surface area contributed by atoms with Crippen LogP contribution < -0.4 is 0 Å². The molecule has 4 aliphatic carbocycles. The van der Waals surface area contributed by atoms with E-state index in [4.69, 9.17) is 4.74 Å². The van der Waals surface area contributed by atoms with Gasteiger partial charge in [0.25, 0.3) is 0 Å². The van der Waals surface area contributed by atoms with Gasteiger partial charge in [-0.1, -0.05) is 37.6 Å². The predicted octanol–water partition coefficient (Wildman–Crippen LogP) is 6.07. The zero-order valence-corrected chi connectivity index (χ0v) is 17.1. The second-order valence-electron chi connectivity index (χ2n) is 10.0. The number of benzene rings is 1. The fourth-order valence-corrected chi connectivity index (χ4v) is 6.71. The highest BCUT2D eigenvalue weighted by Gasteiger charge is 2.58. The van der Waals surface area contributed by atoms with E-state index in [1.54, 1.807) is 0 Å². The van der Waals surface area contributed by atoms with Crippen LogP contribution in [0.4, 0.5) is 8.78 Å². The molecule has 2 unspecified atom stereocenters. The Balaban J connectivity index is 1.53. The van der Waals surface area contributed by atoms with Gasteiger partial charge in [-0.3, -0.25) is 0 Å². The number of ether oxygens (including phenoxy) is 1. The highest BCUT2D eigenvalue weighted by atomic mass is 19.3. The maximum absolute atomic E-state index is 13.3. The van der Waals surface area contributed by atoms with Crippen LogP contribution in [0.2, 0.25) is 0 Å². The zero-order valence-electron chi connectivity index (χ0n) is 17.1. The Labute approximate surface area is 167 Å². The lowest BCUT2D eigenvalue weighted by atomic mass is 9.43. The first-order chi connectivity index (χ1) is 13.2. The van der Waals surface area contributed by atoms with Crippen molar-refractivity contribution in [1.29, 1.82) is 0 Å². The van der Waals surface area contributed by atoms with Gasteiger partial charge in [-0.05, 0) is 79.7 Å². The first kappa shape index (κ1) is 19.8. The fourth-order valence-electron chi connectivity index (χ4n) is 6.71. The number of hydrogen-bond donors (Lipinski definition) is 0. The van der Waals surface area contributed by atoms with Crippen LogP contribution in [-0.2, 0) is 21.4 Å². The van der Waals surface area contributed by atoms with Gasteiger partial charge in [0.1, 0.15) is 0 Å². The summed E-state index contributed by atoms with van der Waals surface area (Å²) >= 11 is 0. The molecule has 4 aliphatic rings. The van der Waals surface area contributed by atoms with E-state index in [0.717, 1.165) is 25.7 Å². The van der Waals surface area contributed by atoms with Crippen molar-refractivity contribution in [2.24, 2.45) is 17.3 Å². The van der Waals surface area contributed by atoms with Crippen molar-refractivity contribution < 1.29 is 18.3 Å². The first-order valence-electron chi connectivity index (χ1n) is 10.9. The molecule has 2 nitrogen and oxygen atoms in total. The molecule has 0 amide bonds. The summed E-state index contributed by atoms with van der Waals surface area (Å²) in [6, 6.07) is 9.15. The Bertz CT molecular complexity index is 705. The molecule has 2 atom stereocenters. The van der Waals surface area contributed by atoms with E-state index < -0.39 is 11.9 Å². The third-order valence-corrected chi connectivity index (χ3v) is 7.44. The van der Waals surface area contributed by atoms with Gasteiger partial charge in [0, 0.05) is 12.3 Å². The molecule has 0 spiro atoms. The van der Waals surface area contributed by atoms with Crippen molar-refractivity contribution in [1.82, 2.24) is 0 Å². The molecule has 0 heterocycles. The molecule has 0 radical (unpaired) electrons. The third kappa shape index (κ3) is 3.71. The van der Waals surface area contributed by atoms with E-state index in [0.29, 0.717) is 18.8 Å². The quantitative estimate of drug-likeness (QED) is 0.529. The number of aryl methyl sites for hydroxylation is 1. The topological polar surface area (TPSA) is 26.3 Å². The lowest BCUT2D eigenvalue weighted by Gasteiger charge is -2.62. The number of carbonyl (C=O) groups excluding carboxylic acids is 1. The Morgan fingerprint density at radius 2 is 1.79 bits per heavy atom. The van der Waals surface area contributed by atoms with Crippen LogP contribution in [-0.4, -0.2) is 18.5 Å². The molecule has 154 valence electrons. The molecule has 28 heavy (non-hydrogen) atoms. The minimum atomic E-state index is -3.41. The molecule has 1 aromatic rings. The van der Waals surface area contributed by atoms with E-state index in [9.17, 15) is 13.6 Å². The summed E-state index contributed by atoms with van der Waals surface area (Å²) in [6.07, 6.45) is 10.2. The van der Waals surface area contributed by atoms with Gasteiger partial charge in [-0.25, -0.2) is 4.79 Å². The van der Waals surface area contributed by atoms with E-state index in [1.807, 2.05) is 0 Å². The standard InChI is InChI=1S/C24H32F2O2/c1-3-4-5-17-6-8-20(9-7-17)24-13-18-10-19(14-24)12-23(11-18,15-24)16-28-21(27)22(2,25)26/h6-9,18-19H,3-5,10-16H2,1-2H3. The minimum Gasteiger partial charge on any atom is -0.461 e. The lowest BCUT2D eigenvalue weighted by molar-refractivity contribution is -0.180. The monoisotopic (exact) mass is 390 g/mol. The molecule has 0 saturated heterocycles. The maximum Gasteiger partial charge on any atom is 0.376 e. The smallest absolute Gasteiger partial charge is 0.376 e. The summed E-state index contributed by atoms with van der Waals surface area (Å²) in [5, 5.41) is 0. The van der Waals surface area contributed by atoms with Gasteiger partial charge in [0.2, 0.25) is 0 Å². The van der Waals surface area contributed by atoms with Crippen molar-refractivity contribution in [2.45, 2.75) is 83.0 Å². The Kier molecular flexibility index (Phi) is 5.04. The number of rotatable bonds is 7. The minimum absolute atomic E-state index is 0.119. The number of alkyl halides is 2. The van der Waals surface area contributed by atoms with Gasteiger partial charge in [-0.15, -0.1) is 0 Å². The molecular weight excluding hydrogens is 358 g/mol. The normalized spacial score (nSPS) is 33.9. The van der Waals surface area contributed by atoms with Gasteiger partial charge in [0.05, 0.1) is 6.61 Å². The molecule has 4 saturated carbocycles. The average molecular weight is 391 g/mol. The molecule has 0 aromatic heterocycles. The highest BCUT2D eigenvalue weighted by molar-refractivity contribution is 5.76. The second-order valence-corrected chi connectivity index (χ2v) is 10.0. The number of esters is 1. The van der Waals surface area contributed by atoms with Gasteiger partial charge < -0.3 is 4.74 Å². The van der Waals surface area contributed by atoms with Gasteiger partial charge in [0.15, 0.2) is 0 Å². The molecule has 4 bridgehead atoms. The van der Waals surface area contributed by atoms with E-state index in [-0.39, 0.29) is 17.4 Å². The van der Waals surface area contributed by atoms with Crippen molar-refractivity contribution in [3.05, 3.63) is 35.4 Å². The molecule has 4 fully saturated rings. The number of unbranched alkanes of at least 4 members (excludes halogenated alkanes) is 1. The van der Waals surface area contributed by atoms with Crippen LogP contribution in [0.5, 0.6) is 0 Å². The first-order valence-corrected chi connectivity index (χ1v) is 10.9. The van der Waals surface area contributed by atoms with Crippen LogP contribution in [0, 0.1) is 17.3 Å². The number of halogens is 2. The molecule has 1 aromatic carbocycles. The van der Waals surface area contributed by atoms with Crippen molar-refractivity contribution in [3.63, 3.8) is 0 Å². The Morgan fingerprint density at radius 3 is 2.36 bits per heavy atom. The predicted molar refractivity (Wildman–Crippen MR) is 105 cm³/mol. The fraction of sp³-hybridized carbons (Fsp3) is 0.708. The molecule has 4 heteroatoms. The Morgan fingerprint density at radius 1 is 1.14 bits per heavy atom. The molecule has 0 aliphatic heterocycles. The number of carbonyl (C=O) groups is 1. The third-order valence-electron chi connectivity index (χ3n) is 7.44. The summed E-state index contributed by atoms with van der Waals surface area (Å²) in [6.45, 7) is 2.99. The SMILES string of the molecule is CCCCc1ccc(C23CC4CC(CC(COC(=O)C(C)(F)F)(C4)C2)C3)cc1. The second kappa shape index (κ2) is 7.11. The summed E-state index contributed by atoms with van der Waals surface area (Å²) in [7, 11) is 0. The number of hydrogen-bond acceptors (Lipinski definition) is 2. The Hall–Kier alpha value is -1.45. The van der Waals surface area contributed by atoms with Crippen molar-refractivity contribution in [3.8, 4) is 0 Å². The van der Waals surface area contributed by atoms with E-state index in [2.05, 4.69) is 31.2 Å². The highest BCUT2D eigenvalue weighted by Crippen LogP contribution is 2.65. The zero-order chi connectivity index (χ0) is 20.0. The average Bonchev–Trinajstić information content (AvgIpc) is 2.63. The summed E-state index contributed by atoms with van der Waals surface area (Å²) < 4.78 is 31.7. The summed E-state index contributed by atoms with van der Waals surface area (Å²) in [4.78, 5) is 11.7.